The van der Waals surface area contributed by atoms with Crippen LogP contribution in [0.3, 0.4) is 0 Å². The molecule has 1 atom stereocenters. The Hall–Kier alpha value is -3.19. The normalized spacial score (nSPS) is 20.4. The van der Waals surface area contributed by atoms with Crippen molar-refractivity contribution in [2.75, 3.05) is 18.4 Å². The zero-order valence-corrected chi connectivity index (χ0v) is 15.5. The fourth-order valence-corrected chi connectivity index (χ4v) is 3.96. The molecule has 142 valence electrons. The SMILES string of the molecule is C/C1=C\C[C@H]2CNC(=O)c3cc([nH]c32)-c2cccc3nc(CO)c(nc23)NC1. The standard InChI is InChI=1S/C21H21N5O2/c1-11-5-6-12-9-23-21(28)14-7-16(25-18(12)14)13-3-2-4-15-19(13)26-20(22-8-11)17(10-27)24-15/h2-5,7,12,25,27H,6,8-10H2,1H3,(H,22,26)(H,23,28)/b11-5+/t12-/m0/s1. The first kappa shape index (κ1) is 16.9. The van der Waals surface area contributed by atoms with Crippen molar-refractivity contribution in [2.24, 2.45) is 0 Å². The first-order chi connectivity index (χ1) is 13.6. The van der Waals surface area contributed by atoms with Gasteiger partial charge in [-0.25, -0.2) is 9.97 Å². The van der Waals surface area contributed by atoms with Crippen molar-refractivity contribution >= 4 is 22.8 Å². The summed E-state index contributed by atoms with van der Waals surface area (Å²) in [6.45, 7) is 3.12. The molecule has 0 saturated carbocycles. The summed E-state index contributed by atoms with van der Waals surface area (Å²) in [6.07, 6.45) is 3.02. The van der Waals surface area contributed by atoms with Crippen molar-refractivity contribution in [3.8, 4) is 11.3 Å². The number of nitrogens with one attached hydrogen (secondary N) is 3. The number of para-hydroxylation sites is 1. The highest BCUT2D eigenvalue weighted by Crippen LogP contribution is 2.34. The van der Waals surface area contributed by atoms with Gasteiger partial charge in [0.05, 0.1) is 17.7 Å². The molecule has 2 aliphatic rings. The molecule has 3 aromatic rings. The summed E-state index contributed by atoms with van der Waals surface area (Å²) in [5.74, 6) is 0.749. The lowest BCUT2D eigenvalue weighted by Crippen LogP contribution is -2.34. The molecule has 28 heavy (non-hydrogen) atoms. The van der Waals surface area contributed by atoms with E-state index in [0.29, 0.717) is 35.7 Å². The predicted octanol–water partition coefficient (Wildman–Crippen LogP) is 2.71. The minimum absolute atomic E-state index is 0.0437. The number of amides is 1. The van der Waals surface area contributed by atoms with Crippen molar-refractivity contribution in [3.05, 3.63) is 52.9 Å². The quantitative estimate of drug-likeness (QED) is 0.490. The molecule has 4 N–H and O–H groups in total. The van der Waals surface area contributed by atoms with Gasteiger partial charge in [-0.05, 0) is 25.5 Å². The lowest BCUT2D eigenvalue weighted by Gasteiger charge is -2.22. The molecule has 1 amide bonds. The molecule has 5 rings (SSSR count). The molecule has 0 saturated heterocycles. The van der Waals surface area contributed by atoms with Crippen molar-refractivity contribution in [1.29, 1.82) is 0 Å². The molecule has 2 aromatic heterocycles. The van der Waals surface area contributed by atoms with Crippen molar-refractivity contribution < 1.29 is 9.90 Å². The maximum absolute atomic E-state index is 12.4. The van der Waals surface area contributed by atoms with Gasteiger partial charge in [0.15, 0.2) is 5.82 Å². The number of aromatic amines is 1. The Morgan fingerprint density at radius 2 is 2.11 bits per heavy atom. The first-order valence-corrected chi connectivity index (χ1v) is 9.45. The second kappa shape index (κ2) is 6.45. The number of aliphatic hydroxyl groups is 1. The third-order valence-corrected chi connectivity index (χ3v) is 5.50. The van der Waals surface area contributed by atoms with E-state index in [2.05, 4.69) is 33.6 Å². The van der Waals surface area contributed by atoms with Crippen molar-refractivity contribution in [3.63, 3.8) is 0 Å². The van der Waals surface area contributed by atoms with E-state index in [-0.39, 0.29) is 18.4 Å². The van der Waals surface area contributed by atoms with Crippen LogP contribution in [0.5, 0.6) is 0 Å². The molecule has 0 radical (unpaired) electrons. The zero-order valence-electron chi connectivity index (χ0n) is 15.5. The lowest BCUT2D eigenvalue weighted by molar-refractivity contribution is 0.0940. The average Bonchev–Trinajstić information content (AvgIpc) is 3.16. The van der Waals surface area contributed by atoms with Crippen LogP contribution < -0.4 is 10.6 Å². The van der Waals surface area contributed by atoms with Crippen LogP contribution in [0.4, 0.5) is 5.82 Å². The topological polar surface area (TPSA) is 103 Å². The molecule has 7 nitrogen and oxygen atoms in total. The van der Waals surface area contributed by atoms with Crippen LogP contribution in [0.1, 0.15) is 41.0 Å². The number of hydrogen-bond acceptors (Lipinski definition) is 5. The highest BCUT2D eigenvalue weighted by Gasteiger charge is 2.28. The molecule has 0 unspecified atom stereocenters. The van der Waals surface area contributed by atoms with Crippen LogP contribution in [0.15, 0.2) is 35.9 Å². The lowest BCUT2D eigenvalue weighted by atomic mass is 9.93. The van der Waals surface area contributed by atoms with E-state index in [1.807, 2.05) is 24.3 Å². The van der Waals surface area contributed by atoms with Crippen LogP contribution >= 0.6 is 0 Å². The van der Waals surface area contributed by atoms with Crippen LogP contribution in [0.25, 0.3) is 22.3 Å². The van der Waals surface area contributed by atoms with E-state index in [1.165, 1.54) is 5.57 Å². The largest absolute Gasteiger partial charge is 0.390 e. The maximum atomic E-state index is 12.4. The Kier molecular flexibility index (Phi) is 3.91. The second-order valence-electron chi connectivity index (χ2n) is 7.41. The number of nitrogens with zero attached hydrogens (tertiary/aromatic N) is 2. The molecular formula is C21H21N5O2. The number of hydrogen-bond donors (Lipinski definition) is 4. The number of carbonyl (C=O) groups excluding carboxylic acids is 1. The fraction of sp³-hybridized carbons (Fsp3) is 0.286. The van der Waals surface area contributed by atoms with Crippen LogP contribution in [-0.2, 0) is 6.61 Å². The van der Waals surface area contributed by atoms with E-state index < -0.39 is 0 Å². The van der Waals surface area contributed by atoms with Gasteiger partial charge >= 0.3 is 0 Å². The summed E-state index contributed by atoms with van der Waals surface area (Å²) in [4.78, 5) is 25.3. The number of aromatic nitrogens is 3. The monoisotopic (exact) mass is 375 g/mol. The number of H-pyrrole nitrogens is 1. The predicted molar refractivity (Wildman–Crippen MR) is 107 cm³/mol. The summed E-state index contributed by atoms with van der Waals surface area (Å²) in [5, 5.41) is 16.1. The second-order valence-corrected chi connectivity index (χ2v) is 7.41. The number of carbonyl (C=O) groups is 1. The molecule has 7 heteroatoms. The smallest absolute Gasteiger partial charge is 0.253 e. The third kappa shape index (κ3) is 2.66. The summed E-state index contributed by atoms with van der Waals surface area (Å²) in [6, 6.07) is 7.69. The van der Waals surface area contributed by atoms with Gasteiger partial charge in [-0.2, -0.15) is 0 Å². The van der Waals surface area contributed by atoms with E-state index in [1.54, 1.807) is 0 Å². The molecule has 4 heterocycles. The Bertz CT molecular complexity index is 1130. The van der Waals surface area contributed by atoms with E-state index >= 15 is 0 Å². The third-order valence-electron chi connectivity index (χ3n) is 5.50. The first-order valence-electron chi connectivity index (χ1n) is 9.45. The molecule has 4 bridgehead atoms. The van der Waals surface area contributed by atoms with Crippen molar-refractivity contribution in [1.82, 2.24) is 20.3 Å². The summed E-state index contributed by atoms with van der Waals surface area (Å²) < 4.78 is 0. The Morgan fingerprint density at radius 3 is 2.96 bits per heavy atom. The Morgan fingerprint density at radius 1 is 1.21 bits per heavy atom. The number of fused-ring (bicyclic) bond motifs is 3. The van der Waals surface area contributed by atoms with Crippen LogP contribution in [0, 0.1) is 0 Å². The number of benzene rings is 1. The number of allylic oxidation sites excluding steroid dienone is 1. The molecule has 0 fully saturated rings. The molecule has 2 aliphatic heterocycles. The van der Waals surface area contributed by atoms with Crippen molar-refractivity contribution in [2.45, 2.75) is 25.9 Å². The van der Waals surface area contributed by atoms with Gasteiger partial charge in [-0.3, -0.25) is 4.79 Å². The van der Waals surface area contributed by atoms with Gasteiger partial charge in [-0.15, -0.1) is 0 Å². The van der Waals surface area contributed by atoms with Gasteiger partial charge in [-0.1, -0.05) is 23.8 Å². The molecular weight excluding hydrogens is 354 g/mol. The molecule has 1 aromatic carbocycles. The highest BCUT2D eigenvalue weighted by molar-refractivity contribution is 6.00. The van der Waals surface area contributed by atoms with Gasteiger partial charge in [0.1, 0.15) is 11.2 Å². The van der Waals surface area contributed by atoms with Crippen LogP contribution in [-0.4, -0.2) is 39.1 Å². The van der Waals surface area contributed by atoms with E-state index in [9.17, 15) is 9.90 Å². The van der Waals surface area contributed by atoms with Gasteiger partial charge in [0.25, 0.3) is 5.91 Å². The molecule has 0 aliphatic carbocycles. The maximum Gasteiger partial charge on any atom is 0.253 e. The fourth-order valence-electron chi connectivity index (χ4n) is 3.96. The zero-order chi connectivity index (χ0) is 19.3. The Labute approximate surface area is 161 Å². The Balaban J connectivity index is 1.79. The van der Waals surface area contributed by atoms with E-state index in [0.717, 1.165) is 28.9 Å². The average molecular weight is 375 g/mol. The number of aliphatic hydroxyl groups excluding tert-OH is 1. The minimum atomic E-state index is -0.183. The number of rotatable bonds is 1. The van der Waals surface area contributed by atoms with E-state index in [4.69, 9.17) is 4.98 Å². The van der Waals surface area contributed by atoms with Gasteiger partial charge < -0.3 is 20.7 Å². The number of anilines is 1. The van der Waals surface area contributed by atoms with Gasteiger partial charge in [0, 0.05) is 36.0 Å². The minimum Gasteiger partial charge on any atom is -0.390 e. The summed E-state index contributed by atoms with van der Waals surface area (Å²) >= 11 is 0. The molecule has 0 spiro atoms. The van der Waals surface area contributed by atoms with Gasteiger partial charge in [0.2, 0.25) is 0 Å². The summed E-state index contributed by atoms with van der Waals surface area (Å²) in [5.41, 5.74) is 6.57. The summed E-state index contributed by atoms with van der Waals surface area (Å²) in [7, 11) is 0. The van der Waals surface area contributed by atoms with Crippen LogP contribution in [0.2, 0.25) is 0 Å². The highest BCUT2D eigenvalue weighted by atomic mass is 16.3.